The first kappa shape index (κ1) is 14.5. The highest BCUT2D eigenvalue weighted by molar-refractivity contribution is 5.74. The predicted molar refractivity (Wildman–Crippen MR) is 85.3 cm³/mol. The van der Waals surface area contributed by atoms with Gasteiger partial charge in [0.05, 0.1) is 12.2 Å². The Kier molecular flexibility index (Phi) is 4.32. The number of nitrogens with one attached hydrogen (secondary N) is 1. The Morgan fingerprint density at radius 1 is 1.32 bits per heavy atom. The molecular formula is C17H20N4O. The summed E-state index contributed by atoms with van der Waals surface area (Å²) >= 11 is 0. The van der Waals surface area contributed by atoms with Crippen molar-refractivity contribution >= 4 is 6.03 Å². The number of nitrogens with zero attached hydrogens (tertiary/aromatic N) is 3. The minimum Gasteiger partial charge on any atom is -0.338 e. The number of urea groups is 1. The Bertz CT molecular complexity index is 657. The molecule has 1 aliphatic rings. The molecule has 0 aliphatic carbocycles. The van der Waals surface area contributed by atoms with Crippen molar-refractivity contribution in [3.05, 3.63) is 47.8 Å². The summed E-state index contributed by atoms with van der Waals surface area (Å²) in [5.41, 5.74) is 3.11. The molecule has 114 valence electrons. The summed E-state index contributed by atoms with van der Waals surface area (Å²) in [6, 6.07) is 9.97. The Morgan fingerprint density at radius 2 is 2.14 bits per heavy atom. The van der Waals surface area contributed by atoms with Crippen molar-refractivity contribution in [2.24, 2.45) is 0 Å². The van der Waals surface area contributed by atoms with E-state index in [1.54, 1.807) is 0 Å². The zero-order valence-electron chi connectivity index (χ0n) is 12.7. The van der Waals surface area contributed by atoms with E-state index in [2.05, 4.69) is 15.3 Å². The van der Waals surface area contributed by atoms with Crippen LogP contribution in [-0.4, -0.2) is 34.0 Å². The van der Waals surface area contributed by atoms with Gasteiger partial charge in [-0.05, 0) is 6.42 Å². The highest BCUT2D eigenvalue weighted by atomic mass is 16.2. The van der Waals surface area contributed by atoms with Crippen LogP contribution in [0, 0.1) is 0 Å². The number of benzene rings is 1. The van der Waals surface area contributed by atoms with E-state index >= 15 is 0 Å². The smallest absolute Gasteiger partial charge is 0.317 e. The maximum atomic E-state index is 12.0. The number of fused-ring (bicyclic) bond motifs is 1. The van der Waals surface area contributed by atoms with E-state index in [1.807, 2.05) is 48.4 Å². The van der Waals surface area contributed by atoms with Crippen molar-refractivity contribution < 1.29 is 4.79 Å². The monoisotopic (exact) mass is 296 g/mol. The minimum atomic E-state index is -0.000337. The first-order valence-corrected chi connectivity index (χ1v) is 7.71. The second kappa shape index (κ2) is 6.56. The number of carbonyl (C=O) groups excluding carboxylic acids is 1. The molecule has 0 fully saturated rings. The average Bonchev–Trinajstić information content (AvgIpc) is 2.59. The van der Waals surface area contributed by atoms with Gasteiger partial charge in [-0.3, -0.25) is 0 Å². The summed E-state index contributed by atoms with van der Waals surface area (Å²) in [6.07, 6.45) is 3.57. The van der Waals surface area contributed by atoms with E-state index < -0.39 is 0 Å². The topological polar surface area (TPSA) is 58.1 Å². The average molecular weight is 296 g/mol. The van der Waals surface area contributed by atoms with Gasteiger partial charge < -0.3 is 10.2 Å². The lowest BCUT2D eigenvalue weighted by Crippen LogP contribution is -2.43. The molecule has 5 heteroatoms. The molecule has 22 heavy (non-hydrogen) atoms. The van der Waals surface area contributed by atoms with Crippen molar-refractivity contribution in [1.82, 2.24) is 20.2 Å². The fourth-order valence-corrected chi connectivity index (χ4v) is 2.56. The third-order valence-corrected chi connectivity index (χ3v) is 3.78. The normalized spacial score (nSPS) is 13.6. The third-order valence-electron chi connectivity index (χ3n) is 3.78. The van der Waals surface area contributed by atoms with Gasteiger partial charge >= 0.3 is 6.03 Å². The number of hydrogen-bond donors (Lipinski definition) is 1. The van der Waals surface area contributed by atoms with Crippen molar-refractivity contribution in [3.8, 4) is 11.4 Å². The Morgan fingerprint density at radius 3 is 2.91 bits per heavy atom. The lowest BCUT2D eigenvalue weighted by molar-refractivity contribution is 0.192. The van der Waals surface area contributed by atoms with Crippen LogP contribution in [0.15, 0.2) is 36.5 Å². The number of hydrogen-bond acceptors (Lipinski definition) is 3. The summed E-state index contributed by atoms with van der Waals surface area (Å²) < 4.78 is 0. The molecule has 0 bridgehead atoms. The van der Waals surface area contributed by atoms with Crippen molar-refractivity contribution in [2.75, 3.05) is 13.1 Å². The molecule has 0 spiro atoms. The van der Waals surface area contributed by atoms with Crippen LogP contribution in [0.1, 0.15) is 24.6 Å². The summed E-state index contributed by atoms with van der Waals surface area (Å²) in [4.78, 5) is 23.0. The van der Waals surface area contributed by atoms with Crippen LogP contribution in [-0.2, 0) is 13.0 Å². The van der Waals surface area contributed by atoms with E-state index in [1.165, 1.54) is 0 Å². The summed E-state index contributed by atoms with van der Waals surface area (Å²) in [6.45, 7) is 4.05. The molecule has 0 saturated carbocycles. The third kappa shape index (κ3) is 3.08. The van der Waals surface area contributed by atoms with Crippen LogP contribution in [0.25, 0.3) is 11.4 Å². The molecule has 1 N–H and O–H groups in total. The molecule has 1 aliphatic heterocycles. The highest BCUT2D eigenvalue weighted by Crippen LogP contribution is 2.20. The zero-order chi connectivity index (χ0) is 15.4. The van der Waals surface area contributed by atoms with E-state index in [4.69, 9.17) is 0 Å². The molecule has 0 radical (unpaired) electrons. The SMILES string of the molecule is CCCNC(=O)N1CCc2nc(-c3ccccc3)ncc2C1. The van der Waals surface area contributed by atoms with E-state index in [0.29, 0.717) is 19.6 Å². The Labute approximate surface area is 130 Å². The van der Waals surface area contributed by atoms with Crippen LogP contribution in [0.4, 0.5) is 4.79 Å². The van der Waals surface area contributed by atoms with Gasteiger partial charge in [-0.15, -0.1) is 0 Å². The Balaban J connectivity index is 1.75. The molecule has 2 aromatic rings. The van der Waals surface area contributed by atoms with Crippen LogP contribution >= 0.6 is 0 Å². The summed E-state index contributed by atoms with van der Waals surface area (Å²) in [5, 5.41) is 2.92. The van der Waals surface area contributed by atoms with E-state index in [9.17, 15) is 4.79 Å². The number of rotatable bonds is 3. The lowest BCUT2D eigenvalue weighted by atomic mass is 10.1. The highest BCUT2D eigenvalue weighted by Gasteiger charge is 2.22. The van der Waals surface area contributed by atoms with Crippen LogP contribution in [0.5, 0.6) is 0 Å². The largest absolute Gasteiger partial charge is 0.338 e. The number of carbonyl (C=O) groups is 1. The predicted octanol–water partition coefficient (Wildman–Crippen LogP) is 2.62. The van der Waals surface area contributed by atoms with Gasteiger partial charge in [-0.25, -0.2) is 14.8 Å². The molecule has 0 saturated heterocycles. The van der Waals surface area contributed by atoms with Gasteiger partial charge in [0.2, 0.25) is 0 Å². The van der Waals surface area contributed by atoms with Gasteiger partial charge in [0.15, 0.2) is 5.82 Å². The molecule has 3 rings (SSSR count). The van der Waals surface area contributed by atoms with Crippen LogP contribution in [0.2, 0.25) is 0 Å². The molecule has 1 aromatic heterocycles. The Hall–Kier alpha value is -2.43. The fraction of sp³-hybridized carbons (Fsp3) is 0.353. The summed E-state index contributed by atoms with van der Waals surface area (Å²) in [7, 11) is 0. The van der Waals surface area contributed by atoms with Gasteiger partial charge in [0, 0.05) is 36.8 Å². The second-order valence-electron chi connectivity index (χ2n) is 5.44. The minimum absolute atomic E-state index is 0.000337. The first-order chi connectivity index (χ1) is 10.8. The lowest BCUT2D eigenvalue weighted by Gasteiger charge is -2.28. The molecule has 0 unspecified atom stereocenters. The van der Waals surface area contributed by atoms with Crippen LogP contribution in [0.3, 0.4) is 0 Å². The van der Waals surface area contributed by atoms with Crippen molar-refractivity contribution in [2.45, 2.75) is 26.3 Å². The molecule has 5 nitrogen and oxygen atoms in total. The van der Waals surface area contributed by atoms with Gasteiger partial charge in [0.1, 0.15) is 0 Å². The number of amides is 2. The standard InChI is InChI=1S/C17H20N4O/c1-2-9-18-17(22)21-10-8-15-14(12-21)11-19-16(20-15)13-6-4-3-5-7-13/h3-7,11H,2,8-10,12H2,1H3,(H,18,22). The molecule has 0 atom stereocenters. The maximum absolute atomic E-state index is 12.0. The van der Waals surface area contributed by atoms with Crippen molar-refractivity contribution in [1.29, 1.82) is 0 Å². The van der Waals surface area contributed by atoms with Crippen LogP contribution < -0.4 is 5.32 Å². The molecular weight excluding hydrogens is 276 g/mol. The zero-order valence-corrected chi connectivity index (χ0v) is 12.7. The molecule has 2 heterocycles. The van der Waals surface area contributed by atoms with Gasteiger partial charge in [-0.2, -0.15) is 0 Å². The first-order valence-electron chi connectivity index (χ1n) is 7.71. The second-order valence-corrected chi connectivity index (χ2v) is 5.44. The fourth-order valence-electron chi connectivity index (χ4n) is 2.56. The van der Waals surface area contributed by atoms with E-state index in [-0.39, 0.29) is 6.03 Å². The summed E-state index contributed by atoms with van der Waals surface area (Å²) in [5.74, 6) is 0.753. The molecule has 1 aromatic carbocycles. The van der Waals surface area contributed by atoms with E-state index in [0.717, 1.165) is 35.5 Å². The quantitative estimate of drug-likeness (QED) is 0.947. The number of aromatic nitrogens is 2. The molecule has 2 amide bonds. The van der Waals surface area contributed by atoms with Gasteiger partial charge in [-0.1, -0.05) is 37.3 Å². The maximum Gasteiger partial charge on any atom is 0.317 e. The van der Waals surface area contributed by atoms with Crippen molar-refractivity contribution in [3.63, 3.8) is 0 Å². The van der Waals surface area contributed by atoms with Gasteiger partial charge in [0.25, 0.3) is 0 Å².